The Morgan fingerprint density at radius 1 is 0.880 bits per heavy atom. The van der Waals surface area contributed by atoms with Gasteiger partial charge in [0.15, 0.2) is 6.61 Å². The molecule has 0 saturated carbocycles. The van der Waals surface area contributed by atoms with Crippen LogP contribution in [0, 0.1) is 0 Å². The second-order valence-electron chi connectivity index (χ2n) is 5.15. The topological polar surface area (TPSA) is 85.9 Å². The second-order valence-corrected chi connectivity index (χ2v) is 5.15. The Balaban J connectivity index is 1.96. The number of methoxy groups -OCH3 is 2. The number of ether oxygens (including phenoxy) is 3. The number of hydrogen-bond acceptors (Lipinski definition) is 5. The molecule has 0 fully saturated rings. The number of amides is 2. The summed E-state index contributed by atoms with van der Waals surface area (Å²) in [5, 5.41) is 5.36. The molecule has 0 unspecified atom stereocenters. The smallest absolute Gasteiger partial charge is 0.262 e. The van der Waals surface area contributed by atoms with Crippen LogP contribution in [0.1, 0.15) is 6.92 Å². The average molecular weight is 344 g/mol. The van der Waals surface area contributed by atoms with Crippen molar-refractivity contribution in [3.63, 3.8) is 0 Å². The van der Waals surface area contributed by atoms with Crippen LogP contribution < -0.4 is 24.8 Å². The van der Waals surface area contributed by atoms with Crippen LogP contribution in [-0.2, 0) is 9.59 Å². The Morgan fingerprint density at radius 2 is 1.44 bits per heavy atom. The molecule has 0 radical (unpaired) electrons. The lowest BCUT2D eigenvalue weighted by Crippen LogP contribution is -2.20. The molecular formula is C18H20N2O5. The second kappa shape index (κ2) is 8.58. The first kappa shape index (κ1) is 18.1. The van der Waals surface area contributed by atoms with E-state index in [0.717, 1.165) is 0 Å². The third-order valence-electron chi connectivity index (χ3n) is 3.16. The summed E-state index contributed by atoms with van der Waals surface area (Å²) in [6, 6.07) is 11.9. The Labute approximate surface area is 145 Å². The van der Waals surface area contributed by atoms with Crippen molar-refractivity contribution in [3.8, 4) is 17.2 Å². The number of rotatable bonds is 7. The van der Waals surface area contributed by atoms with E-state index in [1.54, 1.807) is 42.5 Å². The summed E-state index contributed by atoms with van der Waals surface area (Å²) in [5.41, 5.74) is 1.16. The quantitative estimate of drug-likeness (QED) is 0.806. The van der Waals surface area contributed by atoms with E-state index in [2.05, 4.69) is 10.6 Å². The van der Waals surface area contributed by atoms with Gasteiger partial charge in [-0.1, -0.05) is 6.07 Å². The Hall–Kier alpha value is -3.22. The largest absolute Gasteiger partial charge is 0.496 e. The Bertz CT molecular complexity index is 739. The van der Waals surface area contributed by atoms with E-state index in [4.69, 9.17) is 14.2 Å². The van der Waals surface area contributed by atoms with Crippen LogP contribution in [0.2, 0.25) is 0 Å². The molecule has 2 aromatic rings. The van der Waals surface area contributed by atoms with Gasteiger partial charge in [-0.25, -0.2) is 0 Å². The van der Waals surface area contributed by atoms with Gasteiger partial charge in [0.2, 0.25) is 5.91 Å². The normalized spacial score (nSPS) is 9.88. The third-order valence-corrected chi connectivity index (χ3v) is 3.16. The van der Waals surface area contributed by atoms with Crippen molar-refractivity contribution in [2.45, 2.75) is 6.92 Å². The van der Waals surface area contributed by atoms with Crippen LogP contribution in [-0.4, -0.2) is 32.6 Å². The molecule has 0 spiro atoms. The van der Waals surface area contributed by atoms with Gasteiger partial charge < -0.3 is 24.8 Å². The van der Waals surface area contributed by atoms with Gasteiger partial charge in [-0.3, -0.25) is 9.59 Å². The summed E-state index contributed by atoms with van der Waals surface area (Å²) in [6.45, 7) is 1.24. The molecule has 0 aliphatic carbocycles. The van der Waals surface area contributed by atoms with E-state index in [0.29, 0.717) is 28.6 Å². The van der Waals surface area contributed by atoms with Gasteiger partial charge in [0.1, 0.15) is 17.2 Å². The number of hydrogen-bond donors (Lipinski definition) is 2. The molecule has 0 atom stereocenters. The molecule has 2 aromatic carbocycles. The fraction of sp³-hybridized carbons (Fsp3) is 0.222. The van der Waals surface area contributed by atoms with Crippen LogP contribution >= 0.6 is 0 Å². The van der Waals surface area contributed by atoms with Crippen molar-refractivity contribution >= 4 is 23.2 Å². The van der Waals surface area contributed by atoms with Crippen molar-refractivity contribution < 1.29 is 23.8 Å². The first-order valence-corrected chi connectivity index (χ1v) is 7.53. The maximum absolute atomic E-state index is 12.0. The van der Waals surface area contributed by atoms with Gasteiger partial charge in [-0.15, -0.1) is 0 Å². The third kappa shape index (κ3) is 5.72. The first-order valence-electron chi connectivity index (χ1n) is 7.53. The maximum Gasteiger partial charge on any atom is 0.262 e. The molecule has 132 valence electrons. The highest BCUT2D eigenvalue weighted by Crippen LogP contribution is 2.27. The molecule has 2 amide bonds. The van der Waals surface area contributed by atoms with E-state index >= 15 is 0 Å². The molecule has 0 aliphatic heterocycles. The van der Waals surface area contributed by atoms with E-state index in [1.807, 2.05) is 0 Å². The lowest BCUT2D eigenvalue weighted by molar-refractivity contribution is -0.118. The Kier molecular flexibility index (Phi) is 6.22. The number of carbonyl (C=O) groups is 2. The fourth-order valence-corrected chi connectivity index (χ4v) is 2.09. The van der Waals surface area contributed by atoms with Crippen molar-refractivity contribution in [1.82, 2.24) is 0 Å². The molecule has 0 aliphatic rings. The molecule has 0 aromatic heterocycles. The van der Waals surface area contributed by atoms with Gasteiger partial charge in [-0.2, -0.15) is 0 Å². The van der Waals surface area contributed by atoms with Gasteiger partial charge in [0.05, 0.1) is 14.2 Å². The molecule has 0 saturated heterocycles. The summed E-state index contributed by atoms with van der Waals surface area (Å²) >= 11 is 0. The average Bonchev–Trinajstić information content (AvgIpc) is 2.59. The minimum atomic E-state index is -0.332. The molecule has 7 heteroatoms. The van der Waals surface area contributed by atoms with E-state index in [-0.39, 0.29) is 18.4 Å². The molecule has 0 heterocycles. The van der Waals surface area contributed by atoms with Gasteiger partial charge >= 0.3 is 0 Å². The molecule has 2 rings (SSSR count). The number of nitrogens with one attached hydrogen (secondary N) is 2. The molecular weight excluding hydrogens is 324 g/mol. The number of carbonyl (C=O) groups excluding carboxylic acids is 2. The van der Waals surface area contributed by atoms with E-state index in [1.165, 1.54) is 21.1 Å². The summed E-state index contributed by atoms with van der Waals surface area (Å²) in [6.07, 6.45) is 0. The highest BCUT2D eigenvalue weighted by atomic mass is 16.5. The lowest BCUT2D eigenvalue weighted by Gasteiger charge is -2.11. The van der Waals surface area contributed by atoms with Crippen LogP contribution in [0.4, 0.5) is 11.4 Å². The number of benzene rings is 2. The zero-order valence-corrected chi connectivity index (χ0v) is 14.3. The van der Waals surface area contributed by atoms with Crippen molar-refractivity contribution in [3.05, 3.63) is 42.5 Å². The standard InChI is InChI=1S/C18H20N2O5/c1-12(21)19-13-5-4-6-14(7-13)20-18(22)11-25-17-9-15(23-2)8-16(10-17)24-3/h4-10H,11H2,1-3H3,(H,19,21)(H,20,22). The minimum absolute atomic E-state index is 0.180. The maximum atomic E-state index is 12.0. The van der Waals surface area contributed by atoms with Crippen LogP contribution in [0.25, 0.3) is 0 Å². The Morgan fingerprint density at radius 3 is 2.00 bits per heavy atom. The summed E-state index contributed by atoms with van der Waals surface area (Å²) < 4.78 is 15.8. The minimum Gasteiger partial charge on any atom is -0.496 e. The number of anilines is 2. The molecule has 2 N–H and O–H groups in total. The predicted octanol–water partition coefficient (Wildman–Crippen LogP) is 2.68. The van der Waals surface area contributed by atoms with Crippen molar-refractivity contribution in [2.24, 2.45) is 0 Å². The van der Waals surface area contributed by atoms with E-state index in [9.17, 15) is 9.59 Å². The van der Waals surface area contributed by atoms with Gasteiger partial charge in [-0.05, 0) is 18.2 Å². The summed E-state index contributed by atoms with van der Waals surface area (Å²) in [4.78, 5) is 23.1. The molecule has 25 heavy (non-hydrogen) atoms. The molecule has 7 nitrogen and oxygen atoms in total. The first-order chi connectivity index (χ1) is 12.0. The lowest BCUT2D eigenvalue weighted by atomic mass is 10.2. The van der Waals surface area contributed by atoms with Gasteiger partial charge in [0.25, 0.3) is 5.91 Å². The van der Waals surface area contributed by atoms with Crippen LogP contribution in [0.15, 0.2) is 42.5 Å². The highest BCUT2D eigenvalue weighted by Gasteiger charge is 2.07. The SMILES string of the molecule is COc1cc(OC)cc(OCC(=O)Nc2cccc(NC(C)=O)c2)c1. The van der Waals surface area contributed by atoms with E-state index < -0.39 is 0 Å². The monoisotopic (exact) mass is 344 g/mol. The van der Waals surface area contributed by atoms with Crippen molar-refractivity contribution in [1.29, 1.82) is 0 Å². The zero-order valence-electron chi connectivity index (χ0n) is 14.3. The zero-order chi connectivity index (χ0) is 18.2. The fourth-order valence-electron chi connectivity index (χ4n) is 2.09. The summed E-state index contributed by atoms with van der Waals surface area (Å²) in [7, 11) is 3.07. The van der Waals surface area contributed by atoms with Crippen LogP contribution in [0.5, 0.6) is 17.2 Å². The summed E-state index contributed by atoms with van der Waals surface area (Å²) in [5.74, 6) is 1.08. The highest BCUT2D eigenvalue weighted by molar-refractivity contribution is 5.94. The predicted molar refractivity (Wildman–Crippen MR) is 94.4 cm³/mol. The van der Waals surface area contributed by atoms with Gasteiger partial charge in [0, 0.05) is 36.5 Å². The van der Waals surface area contributed by atoms with Crippen LogP contribution in [0.3, 0.4) is 0 Å². The molecule has 0 bridgehead atoms. The van der Waals surface area contributed by atoms with Crippen molar-refractivity contribution in [2.75, 3.05) is 31.5 Å².